The molecule has 0 bridgehead atoms. The van der Waals surface area contributed by atoms with Gasteiger partial charge in [0.05, 0.1) is 12.2 Å². The van der Waals surface area contributed by atoms with Crippen LogP contribution in [-0.4, -0.2) is 29.0 Å². The molecule has 4 N–H and O–H groups in total. The van der Waals surface area contributed by atoms with Gasteiger partial charge in [-0.3, -0.25) is 0 Å². The van der Waals surface area contributed by atoms with E-state index in [4.69, 9.17) is 10.8 Å². The molecule has 4 heteroatoms. The van der Waals surface area contributed by atoms with Gasteiger partial charge in [0.15, 0.2) is 0 Å². The Balaban J connectivity index is 0.000001000. The third-order valence-corrected chi connectivity index (χ3v) is 2.23. The monoisotopic (exact) mass is 181 g/mol. The Hall–Kier alpha value is 0.170. The molecule has 1 aliphatic carbocycles. The molecule has 0 aromatic rings. The topological polar surface area (TPSA) is 66.5 Å². The quantitative estimate of drug-likeness (QED) is 0.529. The number of hydrogen-bond donors (Lipinski definition) is 3. The maximum absolute atomic E-state index is 9.30. The lowest BCUT2D eigenvalue weighted by Gasteiger charge is -2.29. The molecule has 0 aliphatic heterocycles. The molecule has 0 amide bonds. The second kappa shape index (κ2) is 4.93. The summed E-state index contributed by atoms with van der Waals surface area (Å²) < 4.78 is 0. The van der Waals surface area contributed by atoms with Gasteiger partial charge in [-0.1, -0.05) is 0 Å². The minimum Gasteiger partial charge on any atom is -0.393 e. The maximum atomic E-state index is 9.30. The summed E-state index contributed by atoms with van der Waals surface area (Å²) in [5, 5.41) is 18.4. The van der Waals surface area contributed by atoms with Crippen molar-refractivity contribution in [2.24, 2.45) is 11.7 Å². The average Bonchev–Trinajstić information content (AvgIpc) is 1.88. The Morgan fingerprint density at radius 1 is 1.27 bits per heavy atom. The minimum atomic E-state index is -0.381. The molecule has 1 saturated carbocycles. The van der Waals surface area contributed by atoms with E-state index in [-0.39, 0.29) is 30.5 Å². The first-order chi connectivity index (χ1) is 4.74. The minimum absolute atomic E-state index is 0. The summed E-state index contributed by atoms with van der Waals surface area (Å²) in [5.41, 5.74) is 5.40. The maximum Gasteiger partial charge on any atom is 0.0605 e. The Labute approximate surface area is 73.0 Å². The van der Waals surface area contributed by atoms with Gasteiger partial charge in [-0.25, -0.2) is 0 Å². The molecule has 1 fully saturated rings. The highest BCUT2D eigenvalue weighted by atomic mass is 35.5. The number of aliphatic hydroxyl groups excluding tert-OH is 2. The van der Waals surface area contributed by atoms with Crippen molar-refractivity contribution in [3.63, 3.8) is 0 Å². The molecule has 0 heterocycles. The van der Waals surface area contributed by atoms with E-state index in [1.54, 1.807) is 0 Å². The van der Waals surface area contributed by atoms with Gasteiger partial charge < -0.3 is 15.9 Å². The second-order valence-electron chi connectivity index (χ2n) is 3.03. The summed E-state index contributed by atoms with van der Waals surface area (Å²) in [7, 11) is 0. The van der Waals surface area contributed by atoms with Crippen LogP contribution in [0.1, 0.15) is 19.3 Å². The normalized spacial score (nSPS) is 37.9. The molecule has 0 aromatic heterocycles. The van der Waals surface area contributed by atoms with Gasteiger partial charge in [0, 0.05) is 0 Å². The van der Waals surface area contributed by atoms with E-state index in [1.165, 1.54) is 0 Å². The van der Waals surface area contributed by atoms with E-state index in [9.17, 15) is 5.11 Å². The van der Waals surface area contributed by atoms with Crippen LogP contribution in [0.5, 0.6) is 0 Å². The number of rotatable bonds is 1. The SMILES string of the molecule is Cl.NCC1CCC(O)CC1O. The number of nitrogens with two attached hydrogens (primary N) is 1. The van der Waals surface area contributed by atoms with E-state index in [0.29, 0.717) is 13.0 Å². The first-order valence-corrected chi connectivity index (χ1v) is 3.80. The van der Waals surface area contributed by atoms with Crippen LogP contribution in [-0.2, 0) is 0 Å². The lowest BCUT2D eigenvalue weighted by atomic mass is 9.85. The summed E-state index contributed by atoms with van der Waals surface area (Å²) in [4.78, 5) is 0. The fourth-order valence-corrected chi connectivity index (χ4v) is 1.46. The first-order valence-electron chi connectivity index (χ1n) is 3.80. The van der Waals surface area contributed by atoms with Gasteiger partial charge in [0.1, 0.15) is 0 Å². The third kappa shape index (κ3) is 2.95. The van der Waals surface area contributed by atoms with Crippen molar-refractivity contribution in [2.75, 3.05) is 6.54 Å². The number of halogens is 1. The molecule has 0 radical (unpaired) electrons. The van der Waals surface area contributed by atoms with Crippen LogP contribution >= 0.6 is 12.4 Å². The standard InChI is InChI=1S/C7H15NO2.ClH/c8-4-5-1-2-6(9)3-7(5)10;/h5-7,9-10H,1-4,8H2;1H. The van der Waals surface area contributed by atoms with E-state index >= 15 is 0 Å². The summed E-state index contributed by atoms with van der Waals surface area (Å²) in [6.07, 6.45) is 1.46. The van der Waals surface area contributed by atoms with Crippen molar-refractivity contribution < 1.29 is 10.2 Å². The van der Waals surface area contributed by atoms with E-state index < -0.39 is 0 Å². The van der Waals surface area contributed by atoms with Gasteiger partial charge in [0.2, 0.25) is 0 Å². The van der Waals surface area contributed by atoms with Crippen LogP contribution < -0.4 is 5.73 Å². The predicted molar refractivity (Wildman–Crippen MR) is 45.7 cm³/mol. The molecule has 3 nitrogen and oxygen atoms in total. The third-order valence-electron chi connectivity index (χ3n) is 2.23. The van der Waals surface area contributed by atoms with Crippen molar-refractivity contribution in [1.29, 1.82) is 0 Å². The molecule has 1 aliphatic rings. The van der Waals surface area contributed by atoms with Gasteiger partial charge in [-0.15, -0.1) is 12.4 Å². The fraction of sp³-hybridized carbons (Fsp3) is 1.00. The van der Waals surface area contributed by atoms with E-state index in [2.05, 4.69) is 0 Å². The summed E-state index contributed by atoms with van der Waals surface area (Å²) >= 11 is 0. The Morgan fingerprint density at radius 2 is 1.91 bits per heavy atom. The van der Waals surface area contributed by atoms with Crippen molar-refractivity contribution in [1.82, 2.24) is 0 Å². The van der Waals surface area contributed by atoms with Crippen LogP contribution in [0.3, 0.4) is 0 Å². The van der Waals surface area contributed by atoms with Crippen molar-refractivity contribution in [3.05, 3.63) is 0 Å². The van der Waals surface area contributed by atoms with Crippen LogP contribution in [0.2, 0.25) is 0 Å². The molecule has 0 spiro atoms. The Bertz CT molecular complexity index is 113. The highest BCUT2D eigenvalue weighted by Gasteiger charge is 2.26. The predicted octanol–water partition coefficient (Wildman–Crippen LogP) is -0.111. The zero-order chi connectivity index (χ0) is 7.56. The molecule has 11 heavy (non-hydrogen) atoms. The Kier molecular flexibility index (Phi) is 5.01. The number of aliphatic hydroxyl groups is 2. The van der Waals surface area contributed by atoms with Crippen LogP contribution in [0, 0.1) is 5.92 Å². The molecule has 68 valence electrons. The molecule has 3 atom stereocenters. The molecule has 3 unspecified atom stereocenters. The van der Waals surface area contributed by atoms with Crippen LogP contribution in [0.25, 0.3) is 0 Å². The van der Waals surface area contributed by atoms with E-state index in [0.717, 1.165) is 12.8 Å². The van der Waals surface area contributed by atoms with Gasteiger partial charge in [-0.2, -0.15) is 0 Å². The Morgan fingerprint density at radius 3 is 2.36 bits per heavy atom. The number of hydrogen-bond acceptors (Lipinski definition) is 3. The highest BCUT2D eigenvalue weighted by Crippen LogP contribution is 2.23. The van der Waals surface area contributed by atoms with Gasteiger partial charge in [-0.05, 0) is 31.7 Å². The van der Waals surface area contributed by atoms with Crippen molar-refractivity contribution in [3.8, 4) is 0 Å². The molecule has 0 saturated heterocycles. The lowest BCUT2D eigenvalue weighted by molar-refractivity contribution is 0.00425. The smallest absolute Gasteiger partial charge is 0.0605 e. The van der Waals surface area contributed by atoms with Gasteiger partial charge in [0.25, 0.3) is 0 Å². The van der Waals surface area contributed by atoms with E-state index in [1.807, 2.05) is 0 Å². The highest BCUT2D eigenvalue weighted by molar-refractivity contribution is 5.85. The summed E-state index contributed by atoms with van der Waals surface area (Å²) in [5.74, 6) is 0.211. The largest absolute Gasteiger partial charge is 0.393 e. The lowest BCUT2D eigenvalue weighted by Crippen LogP contribution is -2.36. The summed E-state index contributed by atoms with van der Waals surface area (Å²) in [6, 6.07) is 0. The molecule has 0 aromatic carbocycles. The summed E-state index contributed by atoms with van der Waals surface area (Å²) in [6.45, 7) is 0.536. The average molecular weight is 182 g/mol. The molecular weight excluding hydrogens is 166 g/mol. The van der Waals surface area contributed by atoms with Crippen molar-refractivity contribution >= 4 is 12.4 Å². The fourth-order valence-electron chi connectivity index (χ4n) is 1.46. The van der Waals surface area contributed by atoms with Gasteiger partial charge >= 0.3 is 0 Å². The van der Waals surface area contributed by atoms with Crippen LogP contribution in [0.4, 0.5) is 0 Å². The first kappa shape index (κ1) is 11.2. The van der Waals surface area contributed by atoms with Crippen molar-refractivity contribution in [2.45, 2.75) is 31.5 Å². The zero-order valence-electron chi connectivity index (χ0n) is 6.44. The second-order valence-corrected chi connectivity index (χ2v) is 3.03. The van der Waals surface area contributed by atoms with Crippen LogP contribution in [0.15, 0.2) is 0 Å². The molecular formula is C7H16ClNO2. The zero-order valence-corrected chi connectivity index (χ0v) is 7.26. The molecule has 1 rings (SSSR count).